The van der Waals surface area contributed by atoms with Crippen LogP contribution in [0.4, 0.5) is 4.39 Å². The summed E-state index contributed by atoms with van der Waals surface area (Å²) in [6.45, 7) is 6.02. The lowest BCUT2D eigenvalue weighted by molar-refractivity contribution is -0.141. The molecule has 2 amide bonds. The predicted molar refractivity (Wildman–Crippen MR) is 134 cm³/mol. The number of rotatable bonds is 13. The summed E-state index contributed by atoms with van der Waals surface area (Å²) in [6, 6.07) is 13.2. The maximum absolute atomic E-state index is 13.4. The molecule has 0 heterocycles. The minimum Gasteiger partial charge on any atom is -0.352 e. The van der Waals surface area contributed by atoms with E-state index in [0.717, 1.165) is 6.42 Å². The summed E-state index contributed by atoms with van der Waals surface area (Å²) in [5.74, 6) is -0.872. The summed E-state index contributed by atoms with van der Waals surface area (Å²) >= 11 is 0. The van der Waals surface area contributed by atoms with Crippen LogP contribution in [0.25, 0.3) is 0 Å². The number of nitrogens with one attached hydrogen (secondary N) is 1. The molecular formula is C26H36FN3O4S. The van der Waals surface area contributed by atoms with E-state index in [1.54, 1.807) is 30.3 Å². The van der Waals surface area contributed by atoms with Gasteiger partial charge in [0.15, 0.2) is 0 Å². The Morgan fingerprint density at radius 2 is 1.63 bits per heavy atom. The van der Waals surface area contributed by atoms with Crippen molar-refractivity contribution < 1.29 is 22.4 Å². The van der Waals surface area contributed by atoms with Crippen LogP contribution >= 0.6 is 0 Å². The largest absolute Gasteiger partial charge is 0.352 e. The van der Waals surface area contributed by atoms with E-state index in [1.807, 2.05) is 20.8 Å². The topological polar surface area (TPSA) is 86.8 Å². The molecule has 0 aliphatic carbocycles. The summed E-state index contributed by atoms with van der Waals surface area (Å²) in [4.78, 5) is 27.9. The van der Waals surface area contributed by atoms with E-state index in [2.05, 4.69) is 5.32 Å². The number of amides is 2. The molecule has 0 unspecified atom stereocenters. The molecule has 0 saturated carbocycles. The first-order valence-electron chi connectivity index (χ1n) is 12.0. The monoisotopic (exact) mass is 505 g/mol. The number of hydrogen-bond acceptors (Lipinski definition) is 4. The van der Waals surface area contributed by atoms with Crippen molar-refractivity contribution in [3.05, 3.63) is 66.0 Å². The summed E-state index contributed by atoms with van der Waals surface area (Å²) < 4.78 is 40.1. The highest BCUT2D eigenvalue weighted by atomic mass is 32.2. The van der Waals surface area contributed by atoms with Gasteiger partial charge in [0.2, 0.25) is 21.8 Å². The fourth-order valence-corrected chi connectivity index (χ4v) is 4.87. The summed E-state index contributed by atoms with van der Waals surface area (Å²) in [6.07, 6.45) is 1.54. The third-order valence-corrected chi connectivity index (χ3v) is 7.84. The molecule has 0 spiro atoms. The van der Waals surface area contributed by atoms with Crippen molar-refractivity contribution in [1.82, 2.24) is 14.5 Å². The molecule has 2 rings (SSSR count). The Bertz CT molecular complexity index is 1060. The van der Waals surface area contributed by atoms with Crippen molar-refractivity contribution in [1.29, 1.82) is 0 Å². The van der Waals surface area contributed by atoms with Gasteiger partial charge in [-0.25, -0.2) is 17.1 Å². The minimum absolute atomic E-state index is 0.0313. The van der Waals surface area contributed by atoms with E-state index in [9.17, 15) is 22.4 Å². The predicted octanol–water partition coefficient (Wildman–Crippen LogP) is 3.95. The van der Waals surface area contributed by atoms with E-state index in [4.69, 9.17) is 0 Å². The zero-order chi connectivity index (χ0) is 26.0. The van der Waals surface area contributed by atoms with Crippen LogP contribution in [0.1, 0.15) is 52.0 Å². The van der Waals surface area contributed by atoms with Crippen molar-refractivity contribution in [3.63, 3.8) is 0 Å². The number of benzene rings is 2. The molecule has 2 atom stereocenters. The first-order valence-corrected chi connectivity index (χ1v) is 13.4. The minimum atomic E-state index is -3.65. The fourth-order valence-electron chi connectivity index (χ4n) is 3.64. The molecular weight excluding hydrogens is 469 g/mol. The number of halogens is 1. The standard InChI is InChI=1S/C26H36FN3O4S/c1-5-20(3)28-26(32)24(6-2)30(19-21-14-16-22(27)17-15-21)25(31)13-10-18-29(4)35(33,34)23-11-8-7-9-12-23/h7-9,11-12,14-17,20,24H,5-6,10,13,18-19H2,1-4H3,(H,28,32)/t20-,24+/m0/s1. The normalized spacial score (nSPS) is 13.3. The van der Waals surface area contributed by atoms with Gasteiger partial charge in [0, 0.05) is 32.6 Å². The van der Waals surface area contributed by atoms with Crippen LogP contribution < -0.4 is 5.32 Å². The third-order valence-electron chi connectivity index (χ3n) is 5.97. The van der Waals surface area contributed by atoms with Gasteiger partial charge >= 0.3 is 0 Å². The molecule has 7 nitrogen and oxygen atoms in total. The highest BCUT2D eigenvalue weighted by molar-refractivity contribution is 7.89. The van der Waals surface area contributed by atoms with E-state index in [1.165, 1.54) is 40.5 Å². The maximum atomic E-state index is 13.4. The molecule has 192 valence electrons. The molecule has 0 aliphatic rings. The molecule has 0 aromatic heterocycles. The Kier molecular flexibility index (Phi) is 10.9. The molecule has 2 aromatic carbocycles. The number of hydrogen-bond donors (Lipinski definition) is 1. The summed E-state index contributed by atoms with van der Waals surface area (Å²) in [7, 11) is -2.17. The van der Waals surface area contributed by atoms with Gasteiger partial charge in [0.05, 0.1) is 4.90 Å². The first-order chi connectivity index (χ1) is 16.6. The third kappa shape index (κ3) is 8.14. The molecule has 1 N–H and O–H groups in total. The molecule has 0 aliphatic heterocycles. The Labute approximate surface area is 208 Å². The molecule has 0 bridgehead atoms. The van der Waals surface area contributed by atoms with Crippen LogP contribution in [0.2, 0.25) is 0 Å². The van der Waals surface area contributed by atoms with E-state index in [0.29, 0.717) is 18.4 Å². The lowest BCUT2D eigenvalue weighted by Gasteiger charge is -2.31. The van der Waals surface area contributed by atoms with Gasteiger partial charge in [-0.15, -0.1) is 0 Å². The lowest BCUT2D eigenvalue weighted by Crippen LogP contribution is -2.50. The highest BCUT2D eigenvalue weighted by Crippen LogP contribution is 2.17. The zero-order valence-electron chi connectivity index (χ0n) is 20.9. The van der Waals surface area contributed by atoms with E-state index in [-0.39, 0.29) is 48.1 Å². The van der Waals surface area contributed by atoms with Crippen molar-refractivity contribution in [2.45, 2.75) is 70.0 Å². The maximum Gasteiger partial charge on any atom is 0.243 e. The second-order valence-electron chi connectivity index (χ2n) is 8.63. The Balaban J connectivity index is 2.13. The zero-order valence-corrected chi connectivity index (χ0v) is 21.7. The average molecular weight is 506 g/mol. The van der Waals surface area contributed by atoms with Crippen LogP contribution in [0, 0.1) is 5.82 Å². The molecule has 2 aromatic rings. The van der Waals surface area contributed by atoms with Crippen molar-refractivity contribution in [3.8, 4) is 0 Å². The average Bonchev–Trinajstić information content (AvgIpc) is 2.85. The second kappa shape index (κ2) is 13.3. The quantitative estimate of drug-likeness (QED) is 0.447. The number of nitrogens with zero attached hydrogens (tertiary/aromatic N) is 2. The van der Waals surface area contributed by atoms with Crippen LogP contribution in [0.3, 0.4) is 0 Å². The Morgan fingerprint density at radius 3 is 2.20 bits per heavy atom. The molecule has 0 radical (unpaired) electrons. The van der Waals surface area contributed by atoms with Crippen LogP contribution in [-0.2, 0) is 26.2 Å². The second-order valence-corrected chi connectivity index (χ2v) is 10.7. The van der Waals surface area contributed by atoms with Crippen molar-refractivity contribution >= 4 is 21.8 Å². The lowest BCUT2D eigenvalue weighted by atomic mass is 10.1. The van der Waals surface area contributed by atoms with Gasteiger partial charge < -0.3 is 10.2 Å². The number of carbonyl (C=O) groups excluding carboxylic acids is 2. The smallest absolute Gasteiger partial charge is 0.243 e. The summed E-state index contributed by atoms with van der Waals surface area (Å²) in [5.41, 5.74) is 0.707. The first kappa shape index (κ1) is 28.5. The molecule has 0 fully saturated rings. The Hall–Kier alpha value is -2.78. The van der Waals surface area contributed by atoms with E-state index >= 15 is 0 Å². The van der Waals surface area contributed by atoms with Gasteiger partial charge in [-0.2, -0.15) is 0 Å². The van der Waals surface area contributed by atoms with Gasteiger partial charge in [0.1, 0.15) is 11.9 Å². The van der Waals surface area contributed by atoms with Gasteiger partial charge in [-0.05, 0) is 56.0 Å². The SMILES string of the molecule is CC[C@H](C(=O)N[C@@H](C)CC)N(Cc1ccc(F)cc1)C(=O)CCCN(C)S(=O)(=O)c1ccccc1. The van der Waals surface area contributed by atoms with Crippen LogP contribution in [0.15, 0.2) is 59.5 Å². The molecule has 35 heavy (non-hydrogen) atoms. The Morgan fingerprint density at radius 1 is 1.00 bits per heavy atom. The fraction of sp³-hybridized carbons (Fsp3) is 0.462. The number of sulfonamides is 1. The van der Waals surface area contributed by atoms with E-state index < -0.39 is 16.1 Å². The van der Waals surface area contributed by atoms with Crippen molar-refractivity contribution in [2.75, 3.05) is 13.6 Å². The van der Waals surface area contributed by atoms with Crippen LogP contribution in [-0.4, -0.2) is 55.1 Å². The van der Waals surface area contributed by atoms with Gasteiger partial charge in [-0.1, -0.05) is 44.2 Å². The van der Waals surface area contributed by atoms with Gasteiger partial charge in [-0.3, -0.25) is 9.59 Å². The van der Waals surface area contributed by atoms with Crippen molar-refractivity contribution in [2.24, 2.45) is 0 Å². The summed E-state index contributed by atoms with van der Waals surface area (Å²) in [5, 5.41) is 2.94. The molecule has 0 saturated heterocycles. The number of carbonyl (C=O) groups is 2. The van der Waals surface area contributed by atoms with Crippen LogP contribution in [0.5, 0.6) is 0 Å². The van der Waals surface area contributed by atoms with Gasteiger partial charge in [0.25, 0.3) is 0 Å². The molecule has 9 heteroatoms. The highest BCUT2D eigenvalue weighted by Gasteiger charge is 2.29.